The number of aryl methyl sites for hydroxylation is 2. The van der Waals surface area contributed by atoms with Gasteiger partial charge < -0.3 is 19.5 Å². The first kappa shape index (κ1) is 19.1. The van der Waals surface area contributed by atoms with Crippen molar-refractivity contribution in [1.29, 1.82) is 0 Å². The number of rotatable bonds is 9. The fourth-order valence-electron chi connectivity index (χ4n) is 2.25. The quantitative estimate of drug-likeness (QED) is 0.545. The zero-order chi connectivity index (χ0) is 17.2. The molecule has 128 valence electrons. The Hall–Kier alpha value is -1.92. The standard InChI is InChI=1S/C17H25NO5/c1-12-6-5-7-13(2)14(12)10-15(17(20)22-4)18-16(19)11-23-9-8-21-3/h5-7,15H,8-11H2,1-4H3,(H,18,19)/t15-/m0/s1. The van der Waals surface area contributed by atoms with Gasteiger partial charge in [-0.3, -0.25) is 4.79 Å². The summed E-state index contributed by atoms with van der Waals surface area (Å²) in [5.74, 6) is -0.833. The molecule has 0 unspecified atom stereocenters. The van der Waals surface area contributed by atoms with Gasteiger partial charge in [-0.25, -0.2) is 4.79 Å². The van der Waals surface area contributed by atoms with Crippen LogP contribution in [-0.4, -0.2) is 52.0 Å². The largest absolute Gasteiger partial charge is 0.467 e. The molecule has 1 aromatic rings. The second-order valence-electron chi connectivity index (χ2n) is 5.26. The van der Waals surface area contributed by atoms with Crippen LogP contribution in [0.1, 0.15) is 16.7 Å². The predicted molar refractivity (Wildman–Crippen MR) is 86.3 cm³/mol. The summed E-state index contributed by atoms with van der Waals surface area (Å²) in [4.78, 5) is 23.9. The van der Waals surface area contributed by atoms with Gasteiger partial charge in [0.15, 0.2) is 0 Å². The zero-order valence-corrected chi connectivity index (χ0v) is 14.2. The molecule has 0 aliphatic rings. The maximum atomic E-state index is 12.0. The van der Waals surface area contributed by atoms with E-state index in [1.165, 1.54) is 7.11 Å². The van der Waals surface area contributed by atoms with Crippen LogP contribution in [0.25, 0.3) is 0 Å². The lowest BCUT2D eigenvalue weighted by molar-refractivity contribution is -0.145. The monoisotopic (exact) mass is 323 g/mol. The van der Waals surface area contributed by atoms with Crippen molar-refractivity contribution < 1.29 is 23.8 Å². The van der Waals surface area contributed by atoms with Crippen molar-refractivity contribution in [3.63, 3.8) is 0 Å². The van der Waals surface area contributed by atoms with Gasteiger partial charge in [0.2, 0.25) is 5.91 Å². The van der Waals surface area contributed by atoms with E-state index in [0.717, 1.165) is 16.7 Å². The van der Waals surface area contributed by atoms with Crippen molar-refractivity contribution in [2.45, 2.75) is 26.3 Å². The van der Waals surface area contributed by atoms with Crippen LogP contribution in [0.15, 0.2) is 18.2 Å². The SMILES string of the molecule is COCCOCC(=O)N[C@@H](Cc1c(C)cccc1C)C(=O)OC. The molecule has 0 fully saturated rings. The highest BCUT2D eigenvalue weighted by molar-refractivity contribution is 5.85. The van der Waals surface area contributed by atoms with E-state index in [2.05, 4.69) is 5.32 Å². The van der Waals surface area contributed by atoms with E-state index in [1.807, 2.05) is 32.0 Å². The number of nitrogens with one attached hydrogen (secondary N) is 1. The molecule has 0 spiro atoms. The van der Waals surface area contributed by atoms with E-state index in [9.17, 15) is 9.59 Å². The number of carbonyl (C=O) groups is 2. The Bertz CT molecular complexity index is 509. The lowest BCUT2D eigenvalue weighted by Crippen LogP contribution is -2.44. The summed E-state index contributed by atoms with van der Waals surface area (Å²) in [5.41, 5.74) is 3.18. The van der Waals surface area contributed by atoms with Crippen molar-refractivity contribution in [2.75, 3.05) is 34.0 Å². The summed E-state index contributed by atoms with van der Waals surface area (Å²) in [7, 11) is 2.86. The van der Waals surface area contributed by atoms with Crippen LogP contribution in [-0.2, 0) is 30.2 Å². The van der Waals surface area contributed by atoms with Crippen LogP contribution in [0.2, 0.25) is 0 Å². The van der Waals surface area contributed by atoms with Crippen LogP contribution in [0, 0.1) is 13.8 Å². The van der Waals surface area contributed by atoms with Gasteiger partial charge in [-0.05, 0) is 30.5 Å². The van der Waals surface area contributed by atoms with Crippen LogP contribution in [0.3, 0.4) is 0 Å². The summed E-state index contributed by atoms with van der Waals surface area (Å²) in [6.07, 6.45) is 0.384. The third-order valence-electron chi connectivity index (χ3n) is 3.54. The molecule has 1 amide bonds. The molecule has 1 atom stereocenters. The van der Waals surface area contributed by atoms with Crippen molar-refractivity contribution in [2.24, 2.45) is 0 Å². The highest BCUT2D eigenvalue weighted by Crippen LogP contribution is 2.16. The van der Waals surface area contributed by atoms with Crippen LogP contribution in [0.5, 0.6) is 0 Å². The van der Waals surface area contributed by atoms with Crippen molar-refractivity contribution in [3.05, 3.63) is 34.9 Å². The van der Waals surface area contributed by atoms with Gasteiger partial charge in [0.1, 0.15) is 12.6 Å². The second-order valence-corrected chi connectivity index (χ2v) is 5.26. The molecule has 0 saturated carbocycles. The molecule has 0 saturated heterocycles. The first-order chi connectivity index (χ1) is 11.0. The number of ether oxygens (including phenoxy) is 3. The van der Waals surface area contributed by atoms with E-state index in [1.54, 1.807) is 7.11 Å². The number of benzene rings is 1. The van der Waals surface area contributed by atoms with Crippen molar-refractivity contribution in [3.8, 4) is 0 Å². The molecular weight excluding hydrogens is 298 g/mol. The van der Waals surface area contributed by atoms with Crippen LogP contribution >= 0.6 is 0 Å². The molecule has 0 aliphatic heterocycles. The van der Waals surface area contributed by atoms with Gasteiger partial charge >= 0.3 is 5.97 Å². The molecule has 1 aromatic carbocycles. The summed E-state index contributed by atoms with van der Waals surface area (Å²) in [6, 6.07) is 5.18. The van der Waals surface area contributed by atoms with Gasteiger partial charge in [-0.1, -0.05) is 18.2 Å². The number of amides is 1. The fraction of sp³-hybridized carbons (Fsp3) is 0.529. The molecule has 0 bridgehead atoms. The summed E-state index contributed by atoms with van der Waals surface area (Å²) < 4.78 is 14.8. The predicted octanol–water partition coefficient (Wildman–Crippen LogP) is 1.17. The summed E-state index contributed by atoms with van der Waals surface area (Å²) >= 11 is 0. The van der Waals surface area contributed by atoms with Crippen LogP contribution in [0.4, 0.5) is 0 Å². The van der Waals surface area contributed by atoms with E-state index < -0.39 is 12.0 Å². The maximum absolute atomic E-state index is 12.0. The van der Waals surface area contributed by atoms with E-state index in [-0.39, 0.29) is 12.5 Å². The van der Waals surface area contributed by atoms with E-state index >= 15 is 0 Å². The Morgan fingerprint density at radius 3 is 2.35 bits per heavy atom. The van der Waals surface area contributed by atoms with Crippen molar-refractivity contribution >= 4 is 11.9 Å². The Labute approximate surface area is 137 Å². The Balaban J connectivity index is 2.70. The van der Waals surface area contributed by atoms with E-state index in [4.69, 9.17) is 14.2 Å². The minimum Gasteiger partial charge on any atom is -0.467 e. The molecule has 0 radical (unpaired) electrons. The number of carbonyl (C=O) groups excluding carboxylic acids is 2. The number of hydrogen-bond acceptors (Lipinski definition) is 5. The average Bonchev–Trinajstić information content (AvgIpc) is 2.53. The van der Waals surface area contributed by atoms with Gasteiger partial charge in [-0.2, -0.15) is 0 Å². The first-order valence-electron chi connectivity index (χ1n) is 7.48. The topological polar surface area (TPSA) is 73.9 Å². The fourth-order valence-corrected chi connectivity index (χ4v) is 2.25. The maximum Gasteiger partial charge on any atom is 0.328 e. The van der Waals surface area contributed by atoms with Gasteiger partial charge in [0, 0.05) is 13.5 Å². The van der Waals surface area contributed by atoms with Gasteiger partial charge in [0.25, 0.3) is 0 Å². The molecule has 1 rings (SSSR count). The zero-order valence-electron chi connectivity index (χ0n) is 14.2. The summed E-state index contributed by atoms with van der Waals surface area (Å²) in [6.45, 7) is 4.57. The normalized spacial score (nSPS) is 11.8. The third kappa shape index (κ3) is 6.38. The van der Waals surface area contributed by atoms with Gasteiger partial charge in [0.05, 0.1) is 20.3 Å². The lowest BCUT2D eigenvalue weighted by Gasteiger charge is -2.19. The molecule has 0 aliphatic carbocycles. The smallest absolute Gasteiger partial charge is 0.328 e. The second kappa shape index (κ2) is 9.97. The number of hydrogen-bond donors (Lipinski definition) is 1. The van der Waals surface area contributed by atoms with Crippen LogP contribution < -0.4 is 5.32 Å². The van der Waals surface area contributed by atoms with Crippen molar-refractivity contribution in [1.82, 2.24) is 5.32 Å². The Kier molecular flexibility index (Phi) is 8.29. The molecule has 6 heteroatoms. The average molecular weight is 323 g/mol. The molecule has 0 aromatic heterocycles. The molecular formula is C17H25NO5. The highest BCUT2D eigenvalue weighted by atomic mass is 16.5. The highest BCUT2D eigenvalue weighted by Gasteiger charge is 2.23. The lowest BCUT2D eigenvalue weighted by atomic mass is 9.96. The Morgan fingerprint density at radius 2 is 1.78 bits per heavy atom. The number of esters is 1. The number of methoxy groups -OCH3 is 2. The minimum absolute atomic E-state index is 0.121. The molecule has 1 N–H and O–H groups in total. The molecule has 6 nitrogen and oxygen atoms in total. The minimum atomic E-state index is -0.738. The van der Waals surface area contributed by atoms with E-state index in [0.29, 0.717) is 19.6 Å². The summed E-state index contributed by atoms with van der Waals surface area (Å²) in [5, 5.41) is 2.67. The third-order valence-corrected chi connectivity index (χ3v) is 3.54. The molecule has 0 heterocycles. The molecule has 23 heavy (non-hydrogen) atoms. The first-order valence-corrected chi connectivity index (χ1v) is 7.48. The Morgan fingerprint density at radius 1 is 1.13 bits per heavy atom. The van der Waals surface area contributed by atoms with Gasteiger partial charge in [-0.15, -0.1) is 0 Å².